The summed E-state index contributed by atoms with van der Waals surface area (Å²) >= 11 is 2.97. The van der Waals surface area contributed by atoms with E-state index in [1.54, 1.807) is 0 Å². The van der Waals surface area contributed by atoms with Gasteiger partial charge in [0.05, 0.1) is 11.1 Å². The van der Waals surface area contributed by atoms with Crippen LogP contribution in [0.4, 0.5) is 13.2 Å². The molecule has 0 atom stereocenters. The van der Waals surface area contributed by atoms with E-state index in [-0.39, 0.29) is 17.3 Å². The van der Waals surface area contributed by atoms with Gasteiger partial charge >= 0.3 is 6.18 Å². The van der Waals surface area contributed by atoms with Crippen LogP contribution < -0.4 is 0 Å². The van der Waals surface area contributed by atoms with Crippen molar-refractivity contribution in [3.05, 3.63) is 34.1 Å². The number of aliphatic hydroxyl groups excluding tert-OH is 1. The van der Waals surface area contributed by atoms with E-state index in [1.807, 2.05) is 0 Å². The van der Waals surface area contributed by atoms with Gasteiger partial charge in [-0.3, -0.25) is 0 Å². The molecule has 0 aliphatic heterocycles. The smallest absolute Gasteiger partial charge is 0.388 e. The first-order valence-corrected chi connectivity index (χ1v) is 5.51. The van der Waals surface area contributed by atoms with Gasteiger partial charge in [-0.05, 0) is 18.2 Å². The van der Waals surface area contributed by atoms with Gasteiger partial charge in [0.1, 0.15) is 6.61 Å². The highest BCUT2D eigenvalue weighted by molar-refractivity contribution is 9.10. The van der Waals surface area contributed by atoms with Crippen LogP contribution in [0.2, 0.25) is 0 Å². The van der Waals surface area contributed by atoms with E-state index < -0.39 is 18.3 Å². The van der Waals surface area contributed by atoms with E-state index in [1.165, 1.54) is 12.1 Å². The quantitative estimate of drug-likeness (QED) is 0.923. The Morgan fingerprint density at radius 2 is 2.06 bits per heavy atom. The van der Waals surface area contributed by atoms with E-state index in [4.69, 9.17) is 5.11 Å². The molecule has 2 aromatic rings. The Labute approximate surface area is 108 Å². The lowest BCUT2D eigenvalue weighted by atomic mass is 10.1. The number of hydrogen-bond acceptors (Lipinski definition) is 4. The Morgan fingerprint density at radius 1 is 1.33 bits per heavy atom. The monoisotopic (exact) mass is 322 g/mol. The molecule has 1 aromatic carbocycles. The fraction of sp³-hybridized carbons (Fsp3) is 0.200. The highest BCUT2D eigenvalue weighted by atomic mass is 79.9. The highest BCUT2D eigenvalue weighted by Gasteiger charge is 2.35. The number of hydrogen-bond donors (Lipinski definition) is 1. The van der Waals surface area contributed by atoms with Crippen molar-refractivity contribution in [3.63, 3.8) is 0 Å². The zero-order valence-electron chi connectivity index (χ0n) is 8.70. The summed E-state index contributed by atoms with van der Waals surface area (Å²) in [7, 11) is 0. The number of aliphatic hydroxyl groups is 1. The summed E-state index contributed by atoms with van der Waals surface area (Å²) in [5.41, 5.74) is -1.11. The lowest BCUT2D eigenvalue weighted by Gasteiger charge is -2.10. The van der Waals surface area contributed by atoms with Crippen molar-refractivity contribution in [2.45, 2.75) is 12.8 Å². The average Bonchev–Trinajstić information content (AvgIpc) is 2.76. The van der Waals surface area contributed by atoms with Crippen LogP contribution in [0.1, 0.15) is 11.4 Å². The molecule has 0 saturated heterocycles. The van der Waals surface area contributed by atoms with Crippen molar-refractivity contribution in [2.75, 3.05) is 0 Å². The first-order chi connectivity index (χ1) is 8.41. The topological polar surface area (TPSA) is 59.2 Å². The van der Waals surface area contributed by atoms with Crippen LogP contribution in [-0.4, -0.2) is 15.2 Å². The zero-order valence-corrected chi connectivity index (χ0v) is 10.3. The van der Waals surface area contributed by atoms with Gasteiger partial charge in [-0.25, -0.2) is 0 Å². The number of nitrogens with zero attached hydrogens (tertiary/aromatic N) is 2. The van der Waals surface area contributed by atoms with Crippen LogP contribution in [0.5, 0.6) is 0 Å². The van der Waals surface area contributed by atoms with Crippen LogP contribution in [-0.2, 0) is 12.8 Å². The minimum absolute atomic E-state index is 0.0685. The number of halogens is 4. The highest BCUT2D eigenvalue weighted by Crippen LogP contribution is 2.37. The largest absolute Gasteiger partial charge is 0.417 e. The van der Waals surface area contributed by atoms with Gasteiger partial charge in [0.25, 0.3) is 5.89 Å². The number of rotatable bonds is 2. The minimum Gasteiger partial charge on any atom is -0.388 e. The standard InChI is InChI=1S/C10H6BrF3N2O2/c11-5-1-2-6(7(3-5)10(12,13)14)9-15-8(4-17)16-18-9/h1-3,17H,4H2. The molecule has 4 nitrogen and oxygen atoms in total. The van der Waals surface area contributed by atoms with Crippen molar-refractivity contribution in [3.8, 4) is 11.5 Å². The normalized spacial score (nSPS) is 11.8. The molecule has 0 saturated carbocycles. The SMILES string of the molecule is OCc1noc(-c2ccc(Br)cc2C(F)(F)F)n1. The second-order valence-electron chi connectivity index (χ2n) is 3.36. The molecule has 2 rings (SSSR count). The van der Waals surface area contributed by atoms with Gasteiger partial charge in [0.15, 0.2) is 5.82 Å². The summed E-state index contributed by atoms with van der Waals surface area (Å²) in [5.74, 6) is -0.347. The third kappa shape index (κ3) is 2.54. The number of aromatic nitrogens is 2. The molecule has 18 heavy (non-hydrogen) atoms. The maximum Gasteiger partial charge on any atom is 0.417 e. The van der Waals surface area contributed by atoms with E-state index in [0.29, 0.717) is 4.47 Å². The van der Waals surface area contributed by atoms with Gasteiger partial charge in [-0.2, -0.15) is 18.2 Å². The molecular formula is C10H6BrF3N2O2. The van der Waals surface area contributed by atoms with Crippen LogP contribution in [0.15, 0.2) is 27.2 Å². The predicted molar refractivity (Wildman–Crippen MR) is 58.4 cm³/mol. The van der Waals surface area contributed by atoms with Crippen molar-refractivity contribution in [2.24, 2.45) is 0 Å². The van der Waals surface area contributed by atoms with Crippen LogP contribution in [0.25, 0.3) is 11.5 Å². The van der Waals surface area contributed by atoms with Crippen molar-refractivity contribution in [1.29, 1.82) is 0 Å². The van der Waals surface area contributed by atoms with E-state index in [0.717, 1.165) is 6.07 Å². The van der Waals surface area contributed by atoms with Crippen LogP contribution in [0.3, 0.4) is 0 Å². The maximum atomic E-state index is 12.8. The third-order valence-electron chi connectivity index (χ3n) is 2.13. The Morgan fingerprint density at radius 3 is 2.61 bits per heavy atom. The molecule has 1 heterocycles. The van der Waals surface area contributed by atoms with Crippen molar-refractivity contribution < 1.29 is 22.8 Å². The van der Waals surface area contributed by atoms with Gasteiger partial charge < -0.3 is 9.63 Å². The fourth-order valence-corrected chi connectivity index (χ4v) is 1.73. The van der Waals surface area contributed by atoms with Crippen LogP contribution >= 0.6 is 15.9 Å². The Hall–Kier alpha value is -1.41. The molecule has 0 unspecified atom stereocenters. The minimum atomic E-state index is -4.53. The molecule has 0 aliphatic carbocycles. The molecule has 0 aliphatic rings. The summed E-state index contributed by atoms with van der Waals surface area (Å²) in [5, 5.41) is 12.1. The Balaban J connectivity index is 2.56. The summed E-state index contributed by atoms with van der Waals surface area (Å²) in [6.07, 6.45) is -4.53. The van der Waals surface area contributed by atoms with Crippen molar-refractivity contribution >= 4 is 15.9 Å². The third-order valence-corrected chi connectivity index (χ3v) is 2.62. The molecule has 1 N–H and O–H groups in total. The maximum absolute atomic E-state index is 12.8. The molecule has 0 amide bonds. The molecule has 1 aromatic heterocycles. The van der Waals surface area contributed by atoms with Gasteiger partial charge in [0, 0.05) is 4.47 Å². The van der Waals surface area contributed by atoms with Gasteiger partial charge in [-0.15, -0.1) is 0 Å². The second-order valence-corrected chi connectivity index (χ2v) is 4.28. The van der Waals surface area contributed by atoms with E-state index >= 15 is 0 Å². The lowest BCUT2D eigenvalue weighted by Crippen LogP contribution is -2.07. The van der Waals surface area contributed by atoms with Crippen LogP contribution in [0, 0.1) is 0 Å². The molecule has 0 bridgehead atoms. The molecule has 0 fully saturated rings. The van der Waals surface area contributed by atoms with Gasteiger partial charge in [-0.1, -0.05) is 21.1 Å². The summed E-state index contributed by atoms with van der Waals surface area (Å²) in [6, 6.07) is 3.59. The Bertz CT molecular complexity index is 568. The molecule has 8 heteroatoms. The summed E-state index contributed by atoms with van der Waals surface area (Å²) in [6.45, 7) is -0.499. The second kappa shape index (κ2) is 4.69. The van der Waals surface area contributed by atoms with E-state index in [2.05, 4.69) is 30.6 Å². The number of benzene rings is 1. The first kappa shape index (κ1) is 13.0. The molecule has 0 radical (unpaired) electrons. The van der Waals surface area contributed by atoms with Gasteiger partial charge in [0.2, 0.25) is 0 Å². The predicted octanol–water partition coefficient (Wildman–Crippen LogP) is 3.01. The molecular weight excluding hydrogens is 317 g/mol. The fourth-order valence-electron chi connectivity index (χ4n) is 1.37. The lowest BCUT2D eigenvalue weighted by molar-refractivity contribution is -0.137. The summed E-state index contributed by atoms with van der Waals surface area (Å²) < 4.78 is 43.5. The average molecular weight is 323 g/mol. The molecule has 96 valence electrons. The first-order valence-electron chi connectivity index (χ1n) is 4.72. The van der Waals surface area contributed by atoms with E-state index in [9.17, 15) is 13.2 Å². The summed E-state index contributed by atoms with van der Waals surface area (Å²) in [4.78, 5) is 3.66. The van der Waals surface area contributed by atoms with Crippen molar-refractivity contribution in [1.82, 2.24) is 10.1 Å². The Kier molecular flexibility index (Phi) is 3.40. The number of alkyl halides is 3. The molecule has 0 spiro atoms. The zero-order chi connectivity index (χ0) is 13.3.